The molecule has 0 aliphatic carbocycles. The van der Waals surface area contributed by atoms with Gasteiger partial charge in [0.1, 0.15) is 0 Å². The average Bonchev–Trinajstić information content (AvgIpc) is 2.43. The van der Waals surface area contributed by atoms with Crippen molar-refractivity contribution < 1.29 is 4.79 Å². The van der Waals surface area contributed by atoms with Crippen LogP contribution in [0.15, 0.2) is 11.1 Å². The topological polar surface area (TPSA) is 47.2 Å². The zero-order valence-electron chi connectivity index (χ0n) is 9.03. The van der Waals surface area contributed by atoms with Gasteiger partial charge in [-0.15, -0.1) is 0 Å². The first-order valence-corrected chi connectivity index (χ1v) is 4.52. The predicted molar refractivity (Wildman–Crippen MR) is 53.7 cm³/mol. The minimum atomic E-state index is 0.0287. The Morgan fingerprint density at radius 3 is 2.64 bits per heavy atom. The third kappa shape index (κ3) is 2.30. The summed E-state index contributed by atoms with van der Waals surface area (Å²) in [7, 11) is 1.85. The molecule has 0 unspecified atom stereocenters. The SMILES string of the molecule is Cn1nc(C(C)(C)C)cc1CN=C=O. The quantitative estimate of drug-likeness (QED) is 0.528. The third-order valence-electron chi connectivity index (χ3n) is 2.05. The molecule has 1 rings (SSSR count). The second-order valence-corrected chi connectivity index (χ2v) is 4.30. The summed E-state index contributed by atoms with van der Waals surface area (Å²) in [5.74, 6) is 0. The highest BCUT2D eigenvalue weighted by Gasteiger charge is 2.18. The lowest BCUT2D eigenvalue weighted by atomic mass is 9.92. The molecule has 0 saturated heterocycles. The molecule has 0 atom stereocenters. The van der Waals surface area contributed by atoms with Crippen molar-refractivity contribution in [2.75, 3.05) is 0 Å². The van der Waals surface area contributed by atoms with E-state index >= 15 is 0 Å². The summed E-state index contributed by atoms with van der Waals surface area (Å²) < 4.78 is 1.75. The second kappa shape index (κ2) is 3.76. The van der Waals surface area contributed by atoms with Crippen LogP contribution < -0.4 is 0 Å². The molecule has 0 radical (unpaired) electrons. The van der Waals surface area contributed by atoms with Crippen LogP contribution in [-0.2, 0) is 23.8 Å². The molecule has 4 heteroatoms. The first kappa shape index (κ1) is 10.7. The molecule has 0 N–H and O–H groups in total. The van der Waals surface area contributed by atoms with E-state index in [1.807, 2.05) is 13.1 Å². The van der Waals surface area contributed by atoms with Crippen LogP contribution in [-0.4, -0.2) is 15.9 Å². The summed E-state index contributed by atoms with van der Waals surface area (Å²) in [5, 5.41) is 4.36. The largest absolute Gasteiger partial charge is 0.270 e. The Morgan fingerprint density at radius 2 is 2.21 bits per heavy atom. The Bertz CT molecular complexity index is 367. The molecule has 0 fully saturated rings. The summed E-state index contributed by atoms with van der Waals surface area (Å²) in [6, 6.07) is 1.97. The molecule has 0 spiro atoms. The highest BCUT2D eigenvalue weighted by Crippen LogP contribution is 2.21. The highest BCUT2D eigenvalue weighted by atomic mass is 16.1. The van der Waals surface area contributed by atoms with Gasteiger partial charge in [0.05, 0.1) is 17.9 Å². The van der Waals surface area contributed by atoms with E-state index in [-0.39, 0.29) is 5.41 Å². The number of rotatable bonds is 2. The van der Waals surface area contributed by atoms with E-state index in [2.05, 4.69) is 30.9 Å². The van der Waals surface area contributed by atoms with Gasteiger partial charge in [0.2, 0.25) is 6.08 Å². The lowest BCUT2D eigenvalue weighted by molar-refractivity contribution is 0.550. The molecule has 0 saturated carbocycles. The molecule has 14 heavy (non-hydrogen) atoms. The molecule has 1 aromatic rings. The van der Waals surface area contributed by atoms with Gasteiger partial charge >= 0.3 is 0 Å². The lowest BCUT2D eigenvalue weighted by Gasteiger charge is -2.13. The number of hydrogen-bond donors (Lipinski definition) is 0. The van der Waals surface area contributed by atoms with Crippen molar-refractivity contribution in [3.8, 4) is 0 Å². The number of carbonyl (C=O) groups excluding carboxylic acids is 1. The van der Waals surface area contributed by atoms with Crippen LogP contribution in [0.3, 0.4) is 0 Å². The Morgan fingerprint density at radius 1 is 1.57 bits per heavy atom. The van der Waals surface area contributed by atoms with Crippen molar-refractivity contribution in [2.24, 2.45) is 12.0 Å². The molecular weight excluding hydrogens is 178 g/mol. The van der Waals surface area contributed by atoms with Gasteiger partial charge in [0.15, 0.2) is 0 Å². The van der Waals surface area contributed by atoms with Gasteiger partial charge in [0.25, 0.3) is 0 Å². The maximum Gasteiger partial charge on any atom is 0.235 e. The van der Waals surface area contributed by atoms with Crippen LogP contribution in [0.1, 0.15) is 32.2 Å². The van der Waals surface area contributed by atoms with Gasteiger partial charge in [-0.3, -0.25) is 4.68 Å². The van der Waals surface area contributed by atoms with Gasteiger partial charge in [-0.1, -0.05) is 20.8 Å². The minimum Gasteiger partial charge on any atom is -0.270 e. The Hall–Kier alpha value is -1.41. The van der Waals surface area contributed by atoms with Crippen LogP contribution in [0, 0.1) is 0 Å². The van der Waals surface area contributed by atoms with E-state index < -0.39 is 0 Å². The Kier molecular flexibility index (Phi) is 2.87. The molecular formula is C10H15N3O. The fraction of sp³-hybridized carbons (Fsp3) is 0.600. The Labute approximate surface area is 83.7 Å². The summed E-state index contributed by atoms with van der Waals surface area (Å²) in [6.07, 6.45) is 1.53. The van der Waals surface area contributed by atoms with Gasteiger partial charge in [0, 0.05) is 12.5 Å². The van der Waals surface area contributed by atoms with Crippen molar-refractivity contribution in [2.45, 2.75) is 32.7 Å². The minimum absolute atomic E-state index is 0.0287. The molecule has 0 aromatic carbocycles. The van der Waals surface area contributed by atoms with Crippen LogP contribution in [0.4, 0.5) is 0 Å². The van der Waals surface area contributed by atoms with Gasteiger partial charge in [-0.2, -0.15) is 10.1 Å². The predicted octanol–water partition coefficient (Wildman–Crippen LogP) is 1.55. The number of aromatic nitrogens is 2. The van der Waals surface area contributed by atoms with Crippen molar-refractivity contribution in [3.05, 3.63) is 17.5 Å². The maximum atomic E-state index is 9.97. The molecule has 1 aromatic heterocycles. The summed E-state index contributed by atoms with van der Waals surface area (Å²) in [4.78, 5) is 13.5. The van der Waals surface area contributed by atoms with E-state index in [9.17, 15) is 4.79 Å². The zero-order chi connectivity index (χ0) is 10.8. The van der Waals surface area contributed by atoms with Crippen molar-refractivity contribution in [1.82, 2.24) is 9.78 Å². The normalized spacial score (nSPS) is 11.1. The van der Waals surface area contributed by atoms with E-state index in [4.69, 9.17) is 0 Å². The Balaban J connectivity index is 2.99. The van der Waals surface area contributed by atoms with Crippen LogP contribution in [0.5, 0.6) is 0 Å². The molecule has 0 aliphatic rings. The number of hydrogen-bond acceptors (Lipinski definition) is 3. The highest BCUT2D eigenvalue weighted by molar-refractivity contribution is 5.33. The maximum absolute atomic E-state index is 9.97. The number of nitrogens with zero attached hydrogens (tertiary/aromatic N) is 3. The van der Waals surface area contributed by atoms with Crippen molar-refractivity contribution in [3.63, 3.8) is 0 Å². The number of isocyanates is 1. The first-order chi connectivity index (χ1) is 6.45. The molecule has 0 bridgehead atoms. The summed E-state index contributed by atoms with van der Waals surface area (Å²) >= 11 is 0. The van der Waals surface area contributed by atoms with Gasteiger partial charge in [-0.05, 0) is 6.07 Å². The fourth-order valence-electron chi connectivity index (χ4n) is 1.13. The molecule has 1 heterocycles. The first-order valence-electron chi connectivity index (χ1n) is 4.52. The lowest BCUT2D eigenvalue weighted by Crippen LogP contribution is -2.12. The molecule has 76 valence electrons. The average molecular weight is 193 g/mol. The molecule has 0 aliphatic heterocycles. The van der Waals surface area contributed by atoms with Crippen LogP contribution in [0.2, 0.25) is 0 Å². The monoisotopic (exact) mass is 193 g/mol. The van der Waals surface area contributed by atoms with E-state index in [1.165, 1.54) is 6.08 Å². The summed E-state index contributed by atoms with van der Waals surface area (Å²) in [5.41, 5.74) is 1.97. The van der Waals surface area contributed by atoms with Crippen LogP contribution in [0.25, 0.3) is 0 Å². The third-order valence-corrected chi connectivity index (χ3v) is 2.05. The van der Waals surface area contributed by atoms with Gasteiger partial charge in [-0.25, -0.2) is 4.79 Å². The molecule has 4 nitrogen and oxygen atoms in total. The van der Waals surface area contributed by atoms with Gasteiger partial charge < -0.3 is 0 Å². The fourth-order valence-corrected chi connectivity index (χ4v) is 1.13. The van der Waals surface area contributed by atoms with Crippen LogP contribution >= 0.6 is 0 Å². The summed E-state index contributed by atoms with van der Waals surface area (Å²) in [6.45, 7) is 6.65. The number of aliphatic imine (C=N–C) groups is 1. The van der Waals surface area contributed by atoms with E-state index in [0.29, 0.717) is 6.54 Å². The number of aryl methyl sites for hydroxylation is 1. The van der Waals surface area contributed by atoms with E-state index in [1.54, 1.807) is 4.68 Å². The smallest absolute Gasteiger partial charge is 0.235 e. The molecule has 0 amide bonds. The standard InChI is InChI=1S/C10H15N3O/c1-10(2,3)9-5-8(6-11-7-14)13(4)12-9/h5H,6H2,1-4H3. The van der Waals surface area contributed by atoms with E-state index in [0.717, 1.165) is 11.4 Å². The van der Waals surface area contributed by atoms with Crippen molar-refractivity contribution >= 4 is 6.08 Å². The van der Waals surface area contributed by atoms with Crippen molar-refractivity contribution in [1.29, 1.82) is 0 Å². The zero-order valence-corrected chi connectivity index (χ0v) is 9.03. The second-order valence-electron chi connectivity index (χ2n) is 4.30.